The minimum Gasteiger partial charge on any atom is -0.370 e. The Bertz CT molecular complexity index is 230. The number of hydrogen-bond donors (Lipinski definition) is 2. The molecule has 2 fully saturated rings. The first-order chi connectivity index (χ1) is 6.65. The first-order valence-corrected chi connectivity index (χ1v) is 5.38. The van der Waals surface area contributed by atoms with Crippen molar-refractivity contribution in [2.24, 2.45) is 16.9 Å². The second-order valence-electron chi connectivity index (χ2n) is 4.82. The van der Waals surface area contributed by atoms with E-state index in [9.17, 15) is 4.79 Å². The molecule has 2 saturated heterocycles. The van der Waals surface area contributed by atoms with Crippen molar-refractivity contribution in [1.29, 1.82) is 0 Å². The van der Waals surface area contributed by atoms with Gasteiger partial charge in [0.2, 0.25) is 5.91 Å². The third-order valence-corrected chi connectivity index (χ3v) is 3.69. The van der Waals surface area contributed by atoms with Gasteiger partial charge in [-0.05, 0) is 32.4 Å². The molecule has 4 heteroatoms. The van der Waals surface area contributed by atoms with Crippen LogP contribution in [0.3, 0.4) is 0 Å². The lowest BCUT2D eigenvalue weighted by atomic mass is 9.81. The molecular weight excluding hydrogens is 178 g/mol. The van der Waals surface area contributed by atoms with Crippen LogP contribution in [-0.2, 0) is 4.79 Å². The third kappa shape index (κ3) is 1.64. The summed E-state index contributed by atoms with van der Waals surface area (Å²) in [7, 11) is 0. The number of fused-ring (bicyclic) bond motifs is 1. The van der Waals surface area contributed by atoms with Gasteiger partial charge in [0.15, 0.2) is 0 Å². The van der Waals surface area contributed by atoms with Gasteiger partial charge in [-0.2, -0.15) is 0 Å². The Morgan fingerprint density at radius 2 is 2.36 bits per heavy atom. The van der Waals surface area contributed by atoms with E-state index in [1.165, 1.54) is 19.4 Å². The molecule has 2 atom stereocenters. The molecule has 0 saturated carbocycles. The van der Waals surface area contributed by atoms with Crippen LogP contribution in [0.4, 0.5) is 0 Å². The van der Waals surface area contributed by atoms with E-state index in [1.54, 1.807) is 0 Å². The summed E-state index contributed by atoms with van der Waals surface area (Å²) in [6, 6.07) is 0.665. The summed E-state index contributed by atoms with van der Waals surface area (Å²) >= 11 is 0. The van der Waals surface area contributed by atoms with E-state index in [0.717, 1.165) is 13.0 Å². The molecule has 0 aromatic carbocycles. The quantitative estimate of drug-likeness (QED) is 0.651. The SMILES string of the molecule is NCC1(CC(N)=O)CC2CCCN2C1. The molecule has 2 unspecified atom stereocenters. The Morgan fingerprint density at radius 1 is 1.57 bits per heavy atom. The zero-order valence-electron chi connectivity index (χ0n) is 8.54. The van der Waals surface area contributed by atoms with Crippen LogP contribution in [0.2, 0.25) is 0 Å². The molecule has 4 N–H and O–H groups in total. The second kappa shape index (κ2) is 3.51. The van der Waals surface area contributed by atoms with Crippen LogP contribution in [-0.4, -0.2) is 36.5 Å². The van der Waals surface area contributed by atoms with Crippen molar-refractivity contribution in [1.82, 2.24) is 4.90 Å². The van der Waals surface area contributed by atoms with Crippen LogP contribution in [0.5, 0.6) is 0 Å². The average molecular weight is 197 g/mol. The summed E-state index contributed by atoms with van der Waals surface area (Å²) in [5, 5.41) is 0. The molecule has 80 valence electrons. The molecule has 1 amide bonds. The molecule has 0 aromatic heterocycles. The first-order valence-electron chi connectivity index (χ1n) is 5.38. The van der Waals surface area contributed by atoms with Gasteiger partial charge in [-0.25, -0.2) is 0 Å². The molecule has 0 radical (unpaired) electrons. The van der Waals surface area contributed by atoms with Crippen LogP contribution in [0.25, 0.3) is 0 Å². The Balaban J connectivity index is 2.05. The van der Waals surface area contributed by atoms with Crippen molar-refractivity contribution in [3.05, 3.63) is 0 Å². The van der Waals surface area contributed by atoms with E-state index < -0.39 is 0 Å². The minimum atomic E-state index is -0.211. The van der Waals surface area contributed by atoms with Gasteiger partial charge in [0.05, 0.1) is 0 Å². The van der Waals surface area contributed by atoms with Crippen molar-refractivity contribution in [3.63, 3.8) is 0 Å². The lowest BCUT2D eigenvalue weighted by Crippen LogP contribution is -2.37. The van der Waals surface area contributed by atoms with Gasteiger partial charge in [-0.3, -0.25) is 9.69 Å². The maximum Gasteiger partial charge on any atom is 0.218 e. The molecular formula is C10H19N3O. The molecule has 2 aliphatic heterocycles. The molecule has 0 aliphatic carbocycles. The minimum absolute atomic E-state index is 0.0169. The van der Waals surface area contributed by atoms with Crippen LogP contribution in [0.15, 0.2) is 0 Å². The maximum atomic E-state index is 11.0. The van der Waals surface area contributed by atoms with Crippen LogP contribution < -0.4 is 11.5 Å². The summed E-state index contributed by atoms with van der Waals surface area (Å²) in [5.74, 6) is -0.211. The lowest BCUT2D eigenvalue weighted by Gasteiger charge is -2.26. The van der Waals surface area contributed by atoms with Crippen molar-refractivity contribution in [3.8, 4) is 0 Å². The number of nitrogens with zero attached hydrogens (tertiary/aromatic N) is 1. The van der Waals surface area contributed by atoms with E-state index in [2.05, 4.69) is 4.90 Å². The summed E-state index contributed by atoms with van der Waals surface area (Å²) in [5.41, 5.74) is 11.0. The van der Waals surface area contributed by atoms with Gasteiger partial charge >= 0.3 is 0 Å². The molecule has 2 aliphatic rings. The number of rotatable bonds is 3. The number of carbonyl (C=O) groups is 1. The largest absolute Gasteiger partial charge is 0.370 e. The van der Waals surface area contributed by atoms with Gasteiger partial charge in [0.25, 0.3) is 0 Å². The predicted molar refractivity (Wildman–Crippen MR) is 54.5 cm³/mol. The van der Waals surface area contributed by atoms with Crippen molar-refractivity contribution < 1.29 is 4.79 Å². The Labute approximate surface area is 84.6 Å². The van der Waals surface area contributed by atoms with Crippen molar-refractivity contribution in [2.75, 3.05) is 19.6 Å². The normalized spacial score (nSPS) is 37.4. The zero-order valence-corrected chi connectivity index (χ0v) is 8.54. The summed E-state index contributed by atoms with van der Waals surface area (Å²) < 4.78 is 0. The number of primary amides is 1. The van der Waals surface area contributed by atoms with E-state index >= 15 is 0 Å². The van der Waals surface area contributed by atoms with Crippen molar-refractivity contribution in [2.45, 2.75) is 31.7 Å². The highest BCUT2D eigenvalue weighted by Gasteiger charge is 2.45. The highest BCUT2D eigenvalue weighted by Crippen LogP contribution is 2.41. The first kappa shape index (κ1) is 9.93. The second-order valence-corrected chi connectivity index (χ2v) is 4.82. The molecule has 2 rings (SSSR count). The maximum absolute atomic E-state index is 11.0. The van der Waals surface area contributed by atoms with Crippen LogP contribution in [0.1, 0.15) is 25.7 Å². The van der Waals surface area contributed by atoms with E-state index in [4.69, 9.17) is 11.5 Å². The molecule has 14 heavy (non-hydrogen) atoms. The van der Waals surface area contributed by atoms with Crippen LogP contribution in [0, 0.1) is 5.41 Å². The fraction of sp³-hybridized carbons (Fsp3) is 0.900. The Morgan fingerprint density at radius 3 is 2.93 bits per heavy atom. The van der Waals surface area contributed by atoms with Gasteiger partial charge in [-0.15, -0.1) is 0 Å². The van der Waals surface area contributed by atoms with Crippen LogP contribution >= 0.6 is 0 Å². The zero-order chi connectivity index (χ0) is 10.2. The van der Waals surface area contributed by atoms with E-state index in [0.29, 0.717) is 19.0 Å². The monoisotopic (exact) mass is 197 g/mol. The molecule has 2 heterocycles. The van der Waals surface area contributed by atoms with E-state index in [-0.39, 0.29) is 11.3 Å². The summed E-state index contributed by atoms with van der Waals surface area (Å²) in [4.78, 5) is 13.5. The summed E-state index contributed by atoms with van der Waals surface area (Å²) in [6.45, 7) is 2.73. The lowest BCUT2D eigenvalue weighted by molar-refractivity contribution is -0.120. The number of nitrogens with two attached hydrogens (primary N) is 2. The smallest absolute Gasteiger partial charge is 0.218 e. The Kier molecular flexibility index (Phi) is 2.49. The average Bonchev–Trinajstić information content (AvgIpc) is 2.61. The highest BCUT2D eigenvalue weighted by atomic mass is 16.1. The van der Waals surface area contributed by atoms with Crippen molar-refractivity contribution >= 4 is 5.91 Å². The van der Waals surface area contributed by atoms with Gasteiger partial charge < -0.3 is 11.5 Å². The topological polar surface area (TPSA) is 72.3 Å². The molecule has 0 spiro atoms. The van der Waals surface area contributed by atoms with E-state index in [1.807, 2.05) is 0 Å². The fourth-order valence-electron chi connectivity index (χ4n) is 3.05. The molecule has 0 aromatic rings. The highest BCUT2D eigenvalue weighted by molar-refractivity contribution is 5.74. The fourth-order valence-corrected chi connectivity index (χ4v) is 3.05. The number of carbonyl (C=O) groups excluding carboxylic acids is 1. The number of amides is 1. The summed E-state index contributed by atoms with van der Waals surface area (Å²) in [6.07, 6.45) is 4.07. The molecule has 0 bridgehead atoms. The standard InChI is InChI=1S/C10H19N3O/c11-6-10(5-9(12)14)4-8-2-1-3-13(8)7-10/h8H,1-7,11H2,(H2,12,14). The number of hydrogen-bond acceptors (Lipinski definition) is 3. The predicted octanol–water partition coefficient (Wildman–Crippen LogP) is -0.325. The van der Waals surface area contributed by atoms with Gasteiger partial charge in [0, 0.05) is 24.4 Å². The van der Waals surface area contributed by atoms with Gasteiger partial charge in [-0.1, -0.05) is 0 Å². The Hall–Kier alpha value is -0.610. The molecule has 4 nitrogen and oxygen atoms in total. The van der Waals surface area contributed by atoms with Gasteiger partial charge in [0.1, 0.15) is 0 Å². The third-order valence-electron chi connectivity index (χ3n) is 3.69.